The molecule has 2 rings (SSSR count). The molecule has 8 heteroatoms. The minimum absolute atomic E-state index is 0.0952. The number of thioether (sulfide) groups is 1. The van der Waals surface area contributed by atoms with Crippen LogP contribution in [0.1, 0.15) is 23.1 Å². The number of aromatic nitrogens is 2. The number of amides is 1. The average molecular weight is 375 g/mol. The van der Waals surface area contributed by atoms with Crippen LogP contribution in [0.25, 0.3) is 0 Å². The minimum Gasteiger partial charge on any atom is -0.493 e. The molecule has 0 aliphatic rings. The van der Waals surface area contributed by atoms with Crippen LogP contribution in [0, 0.1) is 20.8 Å². The van der Waals surface area contributed by atoms with Crippen LogP contribution < -0.4 is 21.5 Å². The predicted molar refractivity (Wildman–Crippen MR) is 105 cm³/mol. The average Bonchev–Trinajstić information content (AvgIpc) is 2.56. The largest absolute Gasteiger partial charge is 0.493 e. The zero-order valence-corrected chi connectivity index (χ0v) is 16.2. The lowest BCUT2D eigenvalue weighted by Crippen LogP contribution is -2.27. The van der Waals surface area contributed by atoms with Gasteiger partial charge in [-0.1, -0.05) is 17.8 Å². The van der Waals surface area contributed by atoms with Crippen LogP contribution >= 0.6 is 11.8 Å². The predicted octanol–water partition coefficient (Wildman–Crippen LogP) is 2.24. The van der Waals surface area contributed by atoms with Crippen LogP contribution in [-0.4, -0.2) is 34.8 Å². The molecule has 0 bridgehead atoms. The molecule has 0 aliphatic heterocycles. The molecular weight excluding hydrogens is 350 g/mol. The number of rotatable bonds is 8. The molecular formula is C18H25N5O2S. The third-order valence-corrected chi connectivity index (χ3v) is 4.59. The molecule has 1 aromatic carbocycles. The number of nitrogens with zero attached hydrogens (tertiary/aromatic N) is 2. The standard InChI is InChI=1S/C18H25N5O2S/c1-11-7-12(2)13(3)14(8-11)25-6-4-5-21-17(24)10-26-18-22-15(19)9-16(20)23-18/h7-9H,4-6,10H2,1-3H3,(H,21,24)(H4,19,20,22,23). The molecule has 0 fully saturated rings. The number of aryl methyl sites for hydroxylation is 2. The molecule has 0 saturated carbocycles. The number of ether oxygens (including phenoxy) is 1. The van der Waals surface area contributed by atoms with Gasteiger partial charge in [-0.05, 0) is 49.9 Å². The first-order valence-electron chi connectivity index (χ1n) is 8.35. The lowest BCUT2D eigenvalue weighted by molar-refractivity contribution is -0.118. The van der Waals surface area contributed by atoms with E-state index in [0.29, 0.717) is 29.9 Å². The molecule has 0 atom stereocenters. The van der Waals surface area contributed by atoms with Gasteiger partial charge in [0.2, 0.25) is 5.91 Å². The molecule has 0 saturated heterocycles. The van der Waals surface area contributed by atoms with E-state index >= 15 is 0 Å². The van der Waals surface area contributed by atoms with Crippen molar-refractivity contribution < 1.29 is 9.53 Å². The third-order valence-electron chi connectivity index (χ3n) is 3.74. The number of nitrogens with two attached hydrogens (primary N) is 2. The quantitative estimate of drug-likeness (QED) is 0.368. The highest BCUT2D eigenvalue weighted by Gasteiger charge is 2.07. The van der Waals surface area contributed by atoms with Gasteiger partial charge in [0.05, 0.1) is 12.4 Å². The van der Waals surface area contributed by atoms with Crippen LogP contribution in [0.2, 0.25) is 0 Å². The van der Waals surface area contributed by atoms with Crippen LogP contribution in [-0.2, 0) is 4.79 Å². The molecule has 0 aliphatic carbocycles. The third kappa shape index (κ3) is 6.11. The van der Waals surface area contributed by atoms with Gasteiger partial charge in [0.15, 0.2) is 5.16 Å². The van der Waals surface area contributed by atoms with Crippen molar-refractivity contribution in [2.45, 2.75) is 32.3 Å². The lowest BCUT2D eigenvalue weighted by Gasteiger charge is -2.12. The second-order valence-corrected chi connectivity index (χ2v) is 6.99. The van der Waals surface area contributed by atoms with Gasteiger partial charge in [-0.15, -0.1) is 0 Å². The zero-order chi connectivity index (χ0) is 19.1. The normalized spacial score (nSPS) is 10.6. The SMILES string of the molecule is Cc1cc(C)c(C)c(OCCCNC(=O)CSc2nc(N)cc(N)n2)c1. The molecule has 1 heterocycles. The fourth-order valence-corrected chi connectivity index (χ4v) is 3.04. The van der Waals surface area contributed by atoms with E-state index in [1.54, 1.807) is 0 Å². The van der Waals surface area contributed by atoms with Crippen LogP contribution in [0.15, 0.2) is 23.4 Å². The molecule has 26 heavy (non-hydrogen) atoms. The molecule has 1 amide bonds. The number of anilines is 2. The summed E-state index contributed by atoms with van der Waals surface area (Å²) in [5.41, 5.74) is 14.7. The number of carbonyl (C=O) groups is 1. The first-order chi connectivity index (χ1) is 12.3. The number of carbonyl (C=O) groups excluding carboxylic acids is 1. The number of nitrogen functional groups attached to an aromatic ring is 2. The van der Waals surface area contributed by atoms with E-state index in [1.165, 1.54) is 29.0 Å². The van der Waals surface area contributed by atoms with Gasteiger partial charge >= 0.3 is 0 Å². The van der Waals surface area contributed by atoms with E-state index in [1.807, 2.05) is 13.0 Å². The van der Waals surface area contributed by atoms with E-state index in [-0.39, 0.29) is 11.7 Å². The lowest BCUT2D eigenvalue weighted by atomic mass is 10.1. The van der Waals surface area contributed by atoms with Gasteiger partial charge in [-0.25, -0.2) is 9.97 Å². The Kier molecular flexibility index (Phi) is 7.08. The zero-order valence-electron chi connectivity index (χ0n) is 15.3. The van der Waals surface area contributed by atoms with Crippen LogP contribution in [0.3, 0.4) is 0 Å². The number of nitrogens with one attached hydrogen (secondary N) is 1. The van der Waals surface area contributed by atoms with Gasteiger partial charge in [-0.3, -0.25) is 4.79 Å². The van der Waals surface area contributed by atoms with Crippen molar-refractivity contribution in [2.75, 3.05) is 30.4 Å². The van der Waals surface area contributed by atoms with Crippen LogP contribution in [0.5, 0.6) is 5.75 Å². The topological polar surface area (TPSA) is 116 Å². The first-order valence-corrected chi connectivity index (χ1v) is 9.34. The maximum Gasteiger partial charge on any atom is 0.230 e. The summed E-state index contributed by atoms with van der Waals surface area (Å²) in [6, 6.07) is 5.65. The van der Waals surface area contributed by atoms with Crippen molar-refractivity contribution in [3.05, 3.63) is 34.9 Å². The summed E-state index contributed by atoms with van der Waals surface area (Å²) in [5.74, 6) is 1.60. The molecule has 2 aromatic rings. The van der Waals surface area contributed by atoms with Gasteiger partial charge < -0.3 is 21.5 Å². The fourth-order valence-electron chi connectivity index (χ4n) is 2.34. The minimum atomic E-state index is -0.0952. The van der Waals surface area contributed by atoms with E-state index in [2.05, 4.69) is 35.2 Å². The van der Waals surface area contributed by atoms with Gasteiger partial charge in [-0.2, -0.15) is 0 Å². The van der Waals surface area contributed by atoms with Crippen molar-refractivity contribution in [3.63, 3.8) is 0 Å². The summed E-state index contributed by atoms with van der Waals surface area (Å²) in [6.45, 7) is 7.27. The Bertz CT molecular complexity index is 762. The van der Waals surface area contributed by atoms with E-state index in [0.717, 1.165) is 17.7 Å². The maximum absolute atomic E-state index is 11.9. The molecule has 0 spiro atoms. The second kappa shape index (κ2) is 9.28. The molecule has 7 nitrogen and oxygen atoms in total. The molecule has 0 unspecified atom stereocenters. The second-order valence-electron chi connectivity index (χ2n) is 6.05. The van der Waals surface area contributed by atoms with Crippen molar-refractivity contribution >= 4 is 29.3 Å². The maximum atomic E-state index is 11.9. The van der Waals surface area contributed by atoms with Gasteiger partial charge in [0.1, 0.15) is 17.4 Å². The molecule has 140 valence electrons. The monoisotopic (exact) mass is 375 g/mol. The van der Waals surface area contributed by atoms with Crippen molar-refractivity contribution in [1.82, 2.24) is 15.3 Å². The van der Waals surface area contributed by atoms with E-state index in [4.69, 9.17) is 16.2 Å². The highest BCUT2D eigenvalue weighted by Crippen LogP contribution is 2.23. The molecule has 0 radical (unpaired) electrons. The highest BCUT2D eigenvalue weighted by atomic mass is 32.2. The Morgan fingerprint density at radius 1 is 1.15 bits per heavy atom. The summed E-state index contributed by atoms with van der Waals surface area (Å²) in [6.07, 6.45) is 0.727. The summed E-state index contributed by atoms with van der Waals surface area (Å²) in [4.78, 5) is 19.9. The Balaban J connectivity index is 1.67. The fraction of sp³-hybridized carbons (Fsp3) is 0.389. The van der Waals surface area contributed by atoms with Gasteiger partial charge in [0, 0.05) is 12.6 Å². The Hall–Kier alpha value is -2.48. The summed E-state index contributed by atoms with van der Waals surface area (Å²) in [5, 5.41) is 3.24. The van der Waals surface area contributed by atoms with Crippen molar-refractivity contribution in [1.29, 1.82) is 0 Å². The summed E-state index contributed by atoms with van der Waals surface area (Å²) in [7, 11) is 0. The number of hydrogen-bond donors (Lipinski definition) is 3. The van der Waals surface area contributed by atoms with Crippen LogP contribution in [0.4, 0.5) is 11.6 Å². The summed E-state index contributed by atoms with van der Waals surface area (Å²) >= 11 is 1.20. The molecule has 5 N–H and O–H groups in total. The molecule has 1 aromatic heterocycles. The Morgan fingerprint density at radius 3 is 2.54 bits per heavy atom. The first kappa shape index (κ1) is 19.8. The summed E-state index contributed by atoms with van der Waals surface area (Å²) < 4.78 is 5.83. The number of benzene rings is 1. The number of hydrogen-bond acceptors (Lipinski definition) is 7. The Morgan fingerprint density at radius 2 is 1.85 bits per heavy atom. The van der Waals surface area contributed by atoms with E-state index in [9.17, 15) is 4.79 Å². The Labute approximate surface area is 157 Å². The van der Waals surface area contributed by atoms with E-state index < -0.39 is 0 Å². The van der Waals surface area contributed by atoms with Gasteiger partial charge in [0.25, 0.3) is 0 Å². The van der Waals surface area contributed by atoms with Crippen molar-refractivity contribution in [3.8, 4) is 5.75 Å². The highest BCUT2D eigenvalue weighted by molar-refractivity contribution is 7.99. The smallest absolute Gasteiger partial charge is 0.230 e. The van der Waals surface area contributed by atoms with Crippen molar-refractivity contribution in [2.24, 2.45) is 0 Å².